The average Bonchev–Trinajstić information content (AvgIpc) is 2.34. The molecule has 2 aromatic rings. The van der Waals surface area contributed by atoms with E-state index in [0.717, 1.165) is 10.2 Å². The fraction of sp³-hybridized carbons (Fsp3) is 0.0769. The molecule has 3 nitrogen and oxygen atoms in total. The molecule has 3 N–H and O–H groups in total. The van der Waals surface area contributed by atoms with Gasteiger partial charge in [0.05, 0.1) is 18.5 Å². The first-order valence-corrected chi connectivity index (χ1v) is 6.05. The maximum Gasteiger partial charge on any atom is 0.148 e. The molecule has 5 heteroatoms. The van der Waals surface area contributed by atoms with Gasteiger partial charge < -0.3 is 15.8 Å². The van der Waals surface area contributed by atoms with E-state index < -0.39 is 5.82 Å². The Kier molecular flexibility index (Phi) is 3.72. The Balaban J connectivity index is 2.33. The fourth-order valence-corrected chi connectivity index (χ4v) is 1.90. The van der Waals surface area contributed by atoms with E-state index in [9.17, 15) is 4.39 Å². The minimum atomic E-state index is -0.450. The summed E-state index contributed by atoms with van der Waals surface area (Å²) in [5.41, 5.74) is 6.91. The third kappa shape index (κ3) is 2.73. The Morgan fingerprint density at radius 3 is 2.67 bits per heavy atom. The first-order chi connectivity index (χ1) is 8.60. The van der Waals surface area contributed by atoms with Crippen LogP contribution < -0.4 is 15.8 Å². The first kappa shape index (κ1) is 12.7. The number of nitrogens with two attached hydrogens (primary N) is 1. The minimum absolute atomic E-state index is 0.127. The summed E-state index contributed by atoms with van der Waals surface area (Å²) >= 11 is 3.38. The van der Waals surface area contributed by atoms with Crippen molar-refractivity contribution in [3.8, 4) is 5.75 Å². The minimum Gasteiger partial charge on any atom is -0.495 e. The molecule has 0 bridgehead atoms. The van der Waals surface area contributed by atoms with Crippen LogP contribution in [0.4, 0.5) is 21.5 Å². The summed E-state index contributed by atoms with van der Waals surface area (Å²) in [5, 5.41) is 3.08. The number of halogens is 2. The van der Waals surface area contributed by atoms with Gasteiger partial charge in [-0.2, -0.15) is 0 Å². The van der Waals surface area contributed by atoms with E-state index in [-0.39, 0.29) is 5.69 Å². The molecule has 0 fully saturated rings. The summed E-state index contributed by atoms with van der Waals surface area (Å²) < 4.78 is 19.5. The molecular weight excluding hydrogens is 299 g/mol. The van der Waals surface area contributed by atoms with Crippen molar-refractivity contribution in [2.24, 2.45) is 0 Å². The highest BCUT2D eigenvalue weighted by Crippen LogP contribution is 2.31. The number of benzene rings is 2. The summed E-state index contributed by atoms with van der Waals surface area (Å²) in [7, 11) is 1.58. The summed E-state index contributed by atoms with van der Waals surface area (Å²) in [6.07, 6.45) is 0. The highest BCUT2D eigenvalue weighted by Gasteiger charge is 2.05. The van der Waals surface area contributed by atoms with Crippen LogP contribution in [0, 0.1) is 5.82 Å². The quantitative estimate of drug-likeness (QED) is 0.845. The van der Waals surface area contributed by atoms with E-state index in [1.54, 1.807) is 13.2 Å². The summed E-state index contributed by atoms with van der Waals surface area (Å²) in [4.78, 5) is 0. The van der Waals surface area contributed by atoms with Crippen molar-refractivity contribution in [1.29, 1.82) is 0 Å². The summed E-state index contributed by atoms with van der Waals surface area (Å²) in [5.74, 6) is 0.226. The Bertz CT molecular complexity index is 575. The Hall–Kier alpha value is -1.75. The molecule has 0 aliphatic heterocycles. The SMILES string of the molecule is COc1ccc(Br)cc1Nc1ccc(N)c(F)c1. The van der Waals surface area contributed by atoms with Gasteiger partial charge in [-0.3, -0.25) is 0 Å². The topological polar surface area (TPSA) is 47.3 Å². The van der Waals surface area contributed by atoms with Crippen molar-refractivity contribution in [3.63, 3.8) is 0 Å². The molecule has 0 aliphatic rings. The van der Waals surface area contributed by atoms with Crippen molar-refractivity contribution in [1.82, 2.24) is 0 Å². The van der Waals surface area contributed by atoms with E-state index in [1.807, 2.05) is 18.2 Å². The highest BCUT2D eigenvalue weighted by atomic mass is 79.9. The van der Waals surface area contributed by atoms with Gasteiger partial charge in [0.2, 0.25) is 0 Å². The number of rotatable bonds is 3. The Morgan fingerprint density at radius 1 is 1.22 bits per heavy atom. The van der Waals surface area contributed by atoms with Crippen LogP contribution in [0.15, 0.2) is 40.9 Å². The van der Waals surface area contributed by atoms with Crippen LogP contribution in [0.25, 0.3) is 0 Å². The van der Waals surface area contributed by atoms with Gasteiger partial charge in [-0.15, -0.1) is 0 Å². The molecule has 0 saturated heterocycles. The molecule has 0 aromatic heterocycles. The predicted octanol–water partition coefficient (Wildman–Crippen LogP) is 3.92. The molecule has 18 heavy (non-hydrogen) atoms. The van der Waals surface area contributed by atoms with Gasteiger partial charge in [0.15, 0.2) is 0 Å². The maximum absolute atomic E-state index is 13.3. The van der Waals surface area contributed by atoms with E-state index in [1.165, 1.54) is 12.1 Å². The van der Waals surface area contributed by atoms with Gasteiger partial charge in [0, 0.05) is 10.2 Å². The monoisotopic (exact) mass is 310 g/mol. The number of anilines is 3. The second-order valence-corrected chi connectivity index (χ2v) is 4.62. The number of hydrogen-bond acceptors (Lipinski definition) is 3. The standard InChI is InChI=1S/C13H12BrFN2O/c1-18-13-5-2-8(14)6-12(13)17-9-3-4-11(16)10(15)7-9/h2-7,17H,16H2,1H3. The zero-order valence-corrected chi connectivity index (χ0v) is 11.3. The molecular formula is C13H12BrFN2O. The number of nitrogen functional groups attached to an aromatic ring is 1. The average molecular weight is 311 g/mol. The summed E-state index contributed by atoms with van der Waals surface area (Å²) in [6, 6.07) is 10.1. The van der Waals surface area contributed by atoms with E-state index in [0.29, 0.717) is 11.4 Å². The van der Waals surface area contributed by atoms with Gasteiger partial charge in [-0.05, 0) is 36.4 Å². The van der Waals surface area contributed by atoms with Gasteiger partial charge in [-0.25, -0.2) is 4.39 Å². The third-order valence-corrected chi connectivity index (χ3v) is 2.93. The van der Waals surface area contributed by atoms with Crippen molar-refractivity contribution in [2.75, 3.05) is 18.2 Å². The van der Waals surface area contributed by atoms with Crippen LogP contribution in [-0.4, -0.2) is 7.11 Å². The molecule has 0 atom stereocenters. The van der Waals surface area contributed by atoms with Crippen LogP contribution in [0.3, 0.4) is 0 Å². The van der Waals surface area contributed by atoms with Crippen molar-refractivity contribution >= 4 is 33.0 Å². The molecule has 94 valence electrons. The second kappa shape index (κ2) is 5.27. The maximum atomic E-state index is 13.3. The molecule has 2 rings (SSSR count). The number of nitrogens with one attached hydrogen (secondary N) is 1. The lowest BCUT2D eigenvalue weighted by Crippen LogP contribution is -1.97. The first-order valence-electron chi connectivity index (χ1n) is 5.26. The summed E-state index contributed by atoms with van der Waals surface area (Å²) in [6.45, 7) is 0. The normalized spacial score (nSPS) is 10.2. The lowest BCUT2D eigenvalue weighted by atomic mass is 10.2. The van der Waals surface area contributed by atoms with E-state index >= 15 is 0 Å². The van der Waals surface area contributed by atoms with Crippen LogP contribution in [-0.2, 0) is 0 Å². The van der Waals surface area contributed by atoms with Crippen molar-refractivity contribution in [3.05, 3.63) is 46.7 Å². The molecule has 2 aromatic carbocycles. The fourth-order valence-electron chi connectivity index (χ4n) is 1.54. The lowest BCUT2D eigenvalue weighted by molar-refractivity contribution is 0.416. The molecule has 0 spiro atoms. The van der Waals surface area contributed by atoms with Crippen molar-refractivity contribution in [2.45, 2.75) is 0 Å². The van der Waals surface area contributed by atoms with Crippen LogP contribution in [0.5, 0.6) is 5.75 Å². The smallest absolute Gasteiger partial charge is 0.148 e. The number of hydrogen-bond donors (Lipinski definition) is 2. The second-order valence-electron chi connectivity index (χ2n) is 3.71. The number of methoxy groups -OCH3 is 1. The van der Waals surface area contributed by atoms with Gasteiger partial charge in [0.25, 0.3) is 0 Å². The largest absolute Gasteiger partial charge is 0.495 e. The van der Waals surface area contributed by atoms with Gasteiger partial charge in [0.1, 0.15) is 11.6 Å². The molecule has 0 saturated carbocycles. The molecule has 0 heterocycles. The Morgan fingerprint density at radius 2 is 2.00 bits per heavy atom. The molecule has 0 amide bonds. The predicted molar refractivity (Wildman–Crippen MR) is 74.8 cm³/mol. The van der Waals surface area contributed by atoms with Crippen LogP contribution >= 0.6 is 15.9 Å². The molecule has 0 radical (unpaired) electrons. The number of ether oxygens (including phenoxy) is 1. The van der Waals surface area contributed by atoms with E-state index in [4.69, 9.17) is 10.5 Å². The zero-order chi connectivity index (χ0) is 13.1. The van der Waals surface area contributed by atoms with E-state index in [2.05, 4.69) is 21.2 Å². The van der Waals surface area contributed by atoms with Gasteiger partial charge in [-0.1, -0.05) is 15.9 Å². The molecule has 0 aliphatic carbocycles. The zero-order valence-electron chi connectivity index (χ0n) is 9.71. The Labute approximate surface area is 113 Å². The lowest BCUT2D eigenvalue weighted by Gasteiger charge is -2.12. The van der Waals surface area contributed by atoms with Crippen molar-refractivity contribution < 1.29 is 9.13 Å². The van der Waals surface area contributed by atoms with Crippen LogP contribution in [0.2, 0.25) is 0 Å². The molecule has 0 unspecified atom stereocenters. The van der Waals surface area contributed by atoms with Gasteiger partial charge >= 0.3 is 0 Å². The highest BCUT2D eigenvalue weighted by molar-refractivity contribution is 9.10. The van der Waals surface area contributed by atoms with Crippen LogP contribution in [0.1, 0.15) is 0 Å². The third-order valence-electron chi connectivity index (χ3n) is 2.44.